The molecule has 1 heterocycles. The smallest absolute Gasteiger partial charge is 0.254 e. The third-order valence-corrected chi connectivity index (χ3v) is 3.90. The van der Waals surface area contributed by atoms with Crippen molar-refractivity contribution < 1.29 is 9.90 Å². The van der Waals surface area contributed by atoms with Crippen molar-refractivity contribution in [2.45, 2.75) is 19.1 Å². The summed E-state index contributed by atoms with van der Waals surface area (Å²) in [6.07, 6.45) is 1.88. The highest BCUT2D eigenvalue weighted by atomic mass is 16.3. The average molecular weight is 306 g/mol. The molecule has 4 heteroatoms. The highest BCUT2D eigenvalue weighted by Gasteiger charge is 2.20. The molecule has 1 unspecified atom stereocenters. The lowest BCUT2D eigenvalue weighted by Crippen LogP contribution is -2.31. The van der Waals surface area contributed by atoms with Crippen LogP contribution in [0.1, 0.15) is 30.2 Å². The molecule has 0 radical (unpaired) electrons. The molecule has 2 N–H and O–H groups in total. The maximum atomic E-state index is 12.3. The molecule has 2 aromatic carbocycles. The first kappa shape index (κ1) is 15.2. The van der Waals surface area contributed by atoms with E-state index < -0.39 is 12.0 Å². The van der Waals surface area contributed by atoms with Crippen LogP contribution in [0.4, 0.5) is 0 Å². The summed E-state index contributed by atoms with van der Waals surface area (Å²) in [6.45, 7) is 1.91. The number of aliphatic hydroxyl groups is 1. The zero-order valence-electron chi connectivity index (χ0n) is 12.8. The Kier molecular flexibility index (Phi) is 4.35. The second kappa shape index (κ2) is 6.58. The van der Waals surface area contributed by atoms with Gasteiger partial charge in [0, 0.05) is 18.0 Å². The van der Waals surface area contributed by atoms with Crippen LogP contribution in [0.3, 0.4) is 0 Å². The molecular weight excluding hydrogens is 288 g/mol. The Morgan fingerprint density at radius 3 is 2.65 bits per heavy atom. The molecule has 0 bridgehead atoms. The Morgan fingerprint density at radius 1 is 1.09 bits per heavy atom. The Labute approximate surface area is 134 Å². The first-order valence-corrected chi connectivity index (χ1v) is 7.53. The first-order chi connectivity index (χ1) is 11.2. The van der Waals surface area contributed by atoms with E-state index in [1.54, 1.807) is 18.3 Å². The van der Waals surface area contributed by atoms with Crippen molar-refractivity contribution in [1.29, 1.82) is 0 Å². The standard InChI is InChI=1S/C19H18N2O2/c1-13(16-10-4-7-14-6-2-3-9-17(14)16)21-19(23)18(22)15-8-5-11-20-12-15/h2-13,18,22H,1H3,(H,21,23)/t13-,18?/m0/s1. The van der Waals surface area contributed by atoms with Crippen LogP contribution in [0, 0.1) is 0 Å². The molecule has 2 atom stereocenters. The topological polar surface area (TPSA) is 62.2 Å². The van der Waals surface area contributed by atoms with Gasteiger partial charge in [-0.25, -0.2) is 0 Å². The molecule has 0 fully saturated rings. The van der Waals surface area contributed by atoms with E-state index in [9.17, 15) is 9.90 Å². The molecule has 0 spiro atoms. The number of benzene rings is 2. The van der Waals surface area contributed by atoms with Gasteiger partial charge in [-0.15, -0.1) is 0 Å². The summed E-state index contributed by atoms with van der Waals surface area (Å²) in [7, 11) is 0. The summed E-state index contributed by atoms with van der Waals surface area (Å²) in [5.41, 5.74) is 1.50. The molecule has 116 valence electrons. The van der Waals surface area contributed by atoms with Gasteiger partial charge in [0.05, 0.1) is 6.04 Å². The molecule has 23 heavy (non-hydrogen) atoms. The lowest BCUT2D eigenvalue weighted by molar-refractivity contribution is -0.130. The molecule has 0 aliphatic heterocycles. The molecule has 1 amide bonds. The predicted octanol–water partition coefficient (Wildman–Crippen LogP) is 3.15. The Balaban J connectivity index is 1.81. The van der Waals surface area contributed by atoms with Gasteiger partial charge >= 0.3 is 0 Å². The summed E-state index contributed by atoms with van der Waals surface area (Å²) in [5.74, 6) is -0.432. The van der Waals surface area contributed by atoms with Gasteiger partial charge in [-0.2, -0.15) is 0 Å². The summed E-state index contributed by atoms with van der Waals surface area (Å²) < 4.78 is 0. The maximum absolute atomic E-state index is 12.3. The van der Waals surface area contributed by atoms with Crippen LogP contribution in [0.25, 0.3) is 10.8 Å². The molecule has 3 aromatic rings. The number of hydrogen-bond donors (Lipinski definition) is 2. The number of fused-ring (bicyclic) bond motifs is 1. The van der Waals surface area contributed by atoms with Crippen molar-refractivity contribution in [2.75, 3.05) is 0 Å². The first-order valence-electron chi connectivity index (χ1n) is 7.53. The van der Waals surface area contributed by atoms with Crippen molar-refractivity contribution in [1.82, 2.24) is 10.3 Å². The molecule has 4 nitrogen and oxygen atoms in total. The SMILES string of the molecule is C[C@H](NC(=O)C(O)c1cccnc1)c1cccc2ccccc12. The van der Waals surface area contributed by atoms with Gasteiger partial charge in [-0.3, -0.25) is 9.78 Å². The predicted molar refractivity (Wildman–Crippen MR) is 89.7 cm³/mol. The van der Waals surface area contributed by atoms with Gasteiger partial charge in [0.15, 0.2) is 6.10 Å². The van der Waals surface area contributed by atoms with E-state index in [2.05, 4.69) is 10.3 Å². The third kappa shape index (κ3) is 3.22. The van der Waals surface area contributed by atoms with Crippen molar-refractivity contribution in [3.8, 4) is 0 Å². The average Bonchev–Trinajstić information content (AvgIpc) is 2.61. The van der Waals surface area contributed by atoms with Crippen molar-refractivity contribution >= 4 is 16.7 Å². The molecule has 0 saturated carbocycles. The van der Waals surface area contributed by atoms with Crippen LogP contribution >= 0.6 is 0 Å². The monoisotopic (exact) mass is 306 g/mol. The molecule has 0 saturated heterocycles. The second-order valence-corrected chi connectivity index (χ2v) is 5.49. The number of nitrogens with one attached hydrogen (secondary N) is 1. The zero-order valence-corrected chi connectivity index (χ0v) is 12.8. The van der Waals surface area contributed by atoms with Crippen molar-refractivity contribution in [3.63, 3.8) is 0 Å². The number of nitrogens with zero attached hydrogens (tertiary/aromatic N) is 1. The number of amides is 1. The van der Waals surface area contributed by atoms with Gasteiger partial charge in [0.2, 0.25) is 0 Å². The number of aromatic nitrogens is 1. The van der Waals surface area contributed by atoms with Gasteiger partial charge < -0.3 is 10.4 Å². The maximum Gasteiger partial charge on any atom is 0.254 e. The van der Waals surface area contributed by atoms with E-state index in [-0.39, 0.29) is 6.04 Å². The number of carbonyl (C=O) groups is 1. The normalized spacial score (nSPS) is 13.5. The highest BCUT2D eigenvalue weighted by molar-refractivity contribution is 5.87. The van der Waals surface area contributed by atoms with Crippen LogP contribution in [0.2, 0.25) is 0 Å². The van der Waals surface area contributed by atoms with Gasteiger partial charge in [0.25, 0.3) is 5.91 Å². The number of aliphatic hydroxyl groups excluding tert-OH is 1. The van der Waals surface area contributed by atoms with Crippen LogP contribution < -0.4 is 5.32 Å². The van der Waals surface area contributed by atoms with Crippen LogP contribution in [-0.4, -0.2) is 16.0 Å². The second-order valence-electron chi connectivity index (χ2n) is 5.49. The third-order valence-electron chi connectivity index (χ3n) is 3.90. The van der Waals surface area contributed by atoms with Gasteiger partial charge in [-0.1, -0.05) is 48.5 Å². The quantitative estimate of drug-likeness (QED) is 0.778. The minimum Gasteiger partial charge on any atom is -0.378 e. The van der Waals surface area contributed by atoms with E-state index in [4.69, 9.17) is 0 Å². The summed E-state index contributed by atoms with van der Waals surface area (Å²) in [4.78, 5) is 16.2. The molecule has 1 aromatic heterocycles. The van der Waals surface area contributed by atoms with Crippen molar-refractivity contribution in [2.24, 2.45) is 0 Å². The van der Waals surface area contributed by atoms with Crippen LogP contribution in [0.5, 0.6) is 0 Å². The van der Waals surface area contributed by atoms with Crippen LogP contribution in [0.15, 0.2) is 67.0 Å². The molecule has 3 rings (SSSR count). The molecule has 0 aliphatic rings. The lowest BCUT2D eigenvalue weighted by atomic mass is 9.99. The van der Waals surface area contributed by atoms with Crippen molar-refractivity contribution in [3.05, 3.63) is 78.1 Å². The highest BCUT2D eigenvalue weighted by Crippen LogP contribution is 2.24. The number of pyridine rings is 1. The van der Waals surface area contributed by atoms with Gasteiger partial charge in [-0.05, 0) is 29.3 Å². The Morgan fingerprint density at radius 2 is 1.87 bits per heavy atom. The van der Waals surface area contributed by atoms with E-state index in [0.29, 0.717) is 5.56 Å². The summed E-state index contributed by atoms with van der Waals surface area (Å²) in [6, 6.07) is 17.2. The Hall–Kier alpha value is -2.72. The fourth-order valence-electron chi connectivity index (χ4n) is 2.69. The van der Waals surface area contributed by atoms with E-state index in [1.165, 1.54) is 6.20 Å². The molecule has 0 aliphatic carbocycles. The lowest BCUT2D eigenvalue weighted by Gasteiger charge is -2.19. The number of carbonyl (C=O) groups excluding carboxylic acids is 1. The minimum absolute atomic E-state index is 0.208. The van der Waals surface area contributed by atoms with Crippen LogP contribution in [-0.2, 0) is 4.79 Å². The zero-order chi connectivity index (χ0) is 16.2. The van der Waals surface area contributed by atoms with E-state index in [1.807, 2.05) is 49.4 Å². The fourth-order valence-corrected chi connectivity index (χ4v) is 2.69. The molecular formula is C19H18N2O2. The number of hydrogen-bond acceptors (Lipinski definition) is 3. The van der Waals surface area contributed by atoms with Gasteiger partial charge in [0.1, 0.15) is 0 Å². The largest absolute Gasteiger partial charge is 0.378 e. The summed E-state index contributed by atoms with van der Waals surface area (Å²) in [5, 5.41) is 15.2. The Bertz CT molecular complexity index is 812. The number of rotatable bonds is 4. The van der Waals surface area contributed by atoms with E-state index in [0.717, 1.165) is 16.3 Å². The fraction of sp³-hybridized carbons (Fsp3) is 0.158. The minimum atomic E-state index is -1.22. The summed E-state index contributed by atoms with van der Waals surface area (Å²) >= 11 is 0. The van der Waals surface area contributed by atoms with E-state index >= 15 is 0 Å².